The van der Waals surface area contributed by atoms with Gasteiger partial charge in [-0.25, -0.2) is 4.39 Å². The van der Waals surface area contributed by atoms with Gasteiger partial charge in [-0.1, -0.05) is 6.07 Å². The highest BCUT2D eigenvalue weighted by Crippen LogP contribution is 2.22. The summed E-state index contributed by atoms with van der Waals surface area (Å²) in [5, 5.41) is 2.99. The van der Waals surface area contributed by atoms with E-state index in [4.69, 9.17) is 9.47 Å². The summed E-state index contributed by atoms with van der Waals surface area (Å²) < 4.78 is 24.6. The van der Waals surface area contributed by atoms with Crippen LogP contribution >= 0.6 is 0 Å². The predicted molar refractivity (Wildman–Crippen MR) is 63.6 cm³/mol. The fourth-order valence-electron chi connectivity index (χ4n) is 1.93. The number of ether oxygens (including phenoxy) is 2. The molecule has 4 heteroatoms. The van der Waals surface area contributed by atoms with Crippen molar-refractivity contribution in [2.45, 2.75) is 25.5 Å². The highest BCUT2D eigenvalue weighted by atomic mass is 19.1. The first kappa shape index (κ1) is 12.3. The Kier molecular flexibility index (Phi) is 4.34. The third-order valence-electron chi connectivity index (χ3n) is 2.84. The van der Waals surface area contributed by atoms with Crippen LogP contribution in [0.25, 0.3) is 0 Å². The van der Waals surface area contributed by atoms with E-state index >= 15 is 0 Å². The lowest BCUT2D eigenvalue weighted by atomic mass is 10.1. The summed E-state index contributed by atoms with van der Waals surface area (Å²) in [6.07, 6.45) is 1.74. The zero-order valence-corrected chi connectivity index (χ0v) is 10.0. The minimum absolute atomic E-state index is 0.0772. The molecule has 17 heavy (non-hydrogen) atoms. The van der Waals surface area contributed by atoms with Crippen molar-refractivity contribution in [3.63, 3.8) is 0 Å². The van der Waals surface area contributed by atoms with Gasteiger partial charge in [0, 0.05) is 19.4 Å². The van der Waals surface area contributed by atoms with E-state index in [1.54, 1.807) is 6.07 Å². The average molecular weight is 239 g/mol. The van der Waals surface area contributed by atoms with Crippen LogP contribution in [0.4, 0.5) is 4.39 Å². The normalized spacial score (nSPS) is 17.1. The Morgan fingerprint density at radius 2 is 2.18 bits per heavy atom. The molecule has 1 aliphatic heterocycles. The van der Waals surface area contributed by atoms with E-state index in [9.17, 15) is 4.39 Å². The predicted octanol–water partition coefficient (Wildman–Crippen LogP) is 2.10. The smallest absolute Gasteiger partial charge is 0.165 e. The lowest BCUT2D eigenvalue weighted by Gasteiger charge is -2.23. The number of rotatable bonds is 4. The largest absolute Gasteiger partial charge is 0.487 e. The van der Waals surface area contributed by atoms with Gasteiger partial charge in [-0.05, 0) is 24.7 Å². The van der Waals surface area contributed by atoms with Crippen molar-refractivity contribution in [2.24, 2.45) is 0 Å². The number of nitrogens with one attached hydrogen (secondary N) is 1. The van der Waals surface area contributed by atoms with Crippen LogP contribution in [-0.2, 0) is 11.3 Å². The molecular weight excluding hydrogens is 221 g/mol. The standard InChI is InChI=1S/C13H18FNO2/c1-15-9-10-2-3-13(12(14)8-10)17-11-4-6-16-7-5-11/h2-3,8,11,15H,4-7,9H2,1H3. The summed E-state index contributed by atoms with van der Waals surface area (Å²) in [4.78, 5) is 0. The fraction of sp³-hybridized carbons (Fsp3) is 0.538. The molecule has 0 bridgehead atoms. The minimum atomic E-state index is -0.288. The maximum Gasteiger partial charge on any atom is 0.165 e. The van der Waals surface area contributed by atoms with Crippen molar-refractivity contribution in [3.05, 3.63) is 29.6 Å². The Balaban J connectivity index is 2.00. The third kappa shape index (κ3) is 3.41. The first-order chi connectivity index (χ1) is 8.29. The van der Waals surface area contributed by atoms with Crippen LogP contribution in [0.5, 0.6) is 5.75 Å². The summed E-state index contributed by atoms with van der Waals surface area (Å²) in [6, 6.07) is 5.11. The monoisotopic (exact) mass is 239 g/mol. The van der Waals surface area contributed by atoms with Crippen molar-refractivity contribution in [1.29, 1.82) is 0 Å². The third-order valence-corrected chi connectivity index (χ3v) is 2.84. The van der Waals surface area contributed by atoms with Crippen LogP contribution in [0.3, 0.4) is 0 Å². The van der Waals surface area contributed by atoms with E-state index in [-0.39, 0.29) is 11.9 Å². The summed E-state index contributed by atoms with van der Waals surface area (Å²) in [6.45, 7) is 2.06. The van der Waals surface area contributed by atoms with Gasteiger partial charge < -0.3 is 14.8 Å². The van der Waals surface area contributed by atoms with Crippen molar-refractivity contribution in [3.8, 4) is 5.75 Å². The number of halogens is 1. The van der Waals surface area contributed by atoms with E-state index in [0.29, 0.717) is 25.5 Å². The first-order valence-electron chi connectivity index (χ1n) is 5.97. The number of hydrogen-bond donors (Lipinski definition) is 1. The zero-order valence-electron chi connectivity index (χ0n) is 10.0. The maximum atomic E-state index is 13.7. The molecule has 1 heterocycles. The molecule has 0 saturated carbocycles. The minimum Gasteiger partial charge on any atom is -0.487 e. The highest BCUT2D eigenvalue weighted by molar-refractivity contribution is 5.29. The number of benzene rings is 1. The van der Waals surface area contributed by atoms with Gasteiger partial charge in [0.1, 0.15) is 6.10 Å². The number of hydrogen-bond acceptors (Lipinski definition) is 3. The van der Waals surface area contributed by atoms with Crippen molar-refractivity contribution >= 4 is 0 Å². The van der Waals surface area contributed by atoms with Crippen LogP contribution < -0.4 is 10.1 Å². The van der Waals surface area contributed by atoms with Crippen LogP contribution in [0, 0.1) is 5.82 Å². The van der Waals surface area contributed by atoms with Crippen LogP contribution in [0.15, 0.2) is 18.2 Å². The van der Waals surface area contributed by atoms with Gasteiger partial charge in [0.05, 0.1) is 13.2 Å². The van der Waals surface area contributed by atoms with Crippen LogP contribution in [-0.4, -0.2) is 26.4 Å². The molecule has 2 rings (SSSR count). The Bertz CT molecular complexity index is 364. The average Bonchev–Trinajstić information content (AvgIpc) is 2.34. The topological polar surface area (TPSA) is 30.5 Å². The molecule has 1 N–H and O–H groups in total. The SMILES string of the molecule is CNCc1ccc(OC2CCOCC2)c(F)c1. The summed E-state index contributed by atoms with van der Waals surface area (Å²) in [7, 11) is 1.84. The van der Waals surface area contributed by atoms with Crippen LogP contribution in [0.2, 0.25) is 0 Å². The van der Waals surface area contributed by atoms with E-state index < -0.39 is 0 Å². The van der Waals surface area contributed by atoms with Gasteiger partial charge in [-0.2, -0.15) is 0 Å². The van der Waals surface area contributed by atoms with Crippen LogP contribution in [0.1, 0.15) is 18.4 Å². The molecule has 0 radical (unpaired) electrons. The molecule has 1 saturated heterocycles. The molecule has 0 aromatic heterocycles. The lowest BCUT2D eigenvalue weighted by molar-refractivity contribution is 0.0240. The Hall–Kier alpha value is -1.13. The second-order valence-electron chi connectivity index (χ2n) is 4.22. The van der Waals surface area contributed by atoms with Gasteiger partial charge in [-0.3, -0.25) is 0 Å². The maximum absolute atomic E-state index is 13.7. The fourth-order valence-corrected chi connectivity index (χ4v) is 1.93. The van der Waals surface area contributed by atoms with E-state index in [0.717, 1.165) is 18.4 Å². The molecule has 0 amide bonds. The van der Waals surface area contributed by atoms with Crippen molar-refractivity contribution in [1.82, 2.24) is 5.32 Å². The van der Waals surface area contributed by atoms with Gasteiger partial charge in [0.15, 0.2) is 11.6 Å². The van der Waals surface area contributed by atoms with E-state index in [1.807, 2.05) is 13.1 Å². The van der Waals surface area contributed by atoms with Gasteiger partial charge in [-0.15, -0.1) is 0 Å². The first-order valence-corrected chi connectivity index (χ1v) is 5.97. The molecule has 1 aromatic rings. The molecule has 3 nitrogen and oxygen atoms in total. The van der Waals surface area contributed by atoms with Gasteiger partial charge in [0.25, 0.3) is 0 Å². The Morgan fingerprint density at radius 3 is 2.82 bits per heavy atom. The molecule has 1 fully saturated rings. The van der Waals surface area contributed by atoms with Crippen molar-refractivity contribution < 1.29 is 13.9 Å². The quantitative estimate of drug-likeness (QED) is 0.873. The van der Waals surface area contributed by atoms with Gasteiger partial charge in [0.2, 0.25) is 0 Å². The highest BCUT2D eigenvalue weighted by Gasteiger charge is 2.17. The lowest BCUT2D eigenvalue weighted by Crippen LogP contribution is -2.26. The molecule has 94 valence electrons. The molecule has 0 unspecified atom stereocenters. The van der Waals surface area contributed by atoms with E-state index in [1.165, 1.54) is 6.07 Å². The van der Waals surface area contributed by atoms with E-state index in [2.05, 4.69) is 5.32 Å². The summed E-state index contributed by atoms with van der Waals surface area (Å²) in [5.41, 5.74) is 0.921. The van der Waals surface area contributed by atoms with Gasteiger partial charge >= 0.3 is 0 Å². The summed E-state index contributed by atoms with van der Waals surface area (Å²) >= 11 is 0. The molecule has 1 aromatic carbocycles. The van der Waals surface area contributed by atoms with Crippen molar-refractivity contribution in [2.75, 3.05) is 20.3 Å². The Labute approximate surface area is 101 Å². The Morgan fingerprint density at radius 1 is 1.41 bits per heavy atom. The summed E-state index contributed by atoms with van der Waals surface area (Å²) in [5.74, 6) is 0.0565. The molecule has 1 aliphatic rings. The molecule has 0 aliphatic carbocycles. The zero-order chi connectivity index (χ0) is 12.1. The molecule has 0 spiro atoms. The second kappa shape index (κ2) is 5.98. The second-order valence-corrected chi connectivity index (χ2v) is 4.22. The molecule has 0 atom stereocenters. The molecular formula is C13H18FNO2.